The Kier molecular flexibility index (Phi) is 11.7. The maximum Gasteiger partial charge on any atom is 0.338 e. The average Bonchev–Trinajstić information content (AvgIpc) is 2.98. The number of carboxylic acids is 1. The molecule has 1 saturated carbocycles. The van der Waals surface area contributed by atoms with Gasteiger partial charge >= 0.3 is 5.97 Å². The highest BCUT2D eigenvalue weighted by molar-refractivity contribution is 7.78. The Hall–Kier alpha value is -3.39. The molecule has 2 aliphatic rings. The Morgan fingerprint density at radius 1 is 1.11 bits per heavy atom. The Bertz CT molecular complexity index is 1610. The van der Waals surface area contributed by atoms with Gasteiger partial charge in [-0.05, 0) is 66.1 Å². The number of amides is 2. The SMILES string of the molecule is CS(=O)[O-].N[C@H]1CCCC[C@@H]1N1C(=O)c2ccccc2[C@@H](C(=O)NOCc2ccc(F)c(C(=O)O)c2)[C@@H]1c1ccc(Cl)cc1Cl. The summed E-state index contributed by atoms with van der Waals surface area (Å²) in [7, 11) is 0. The molecule has 3 aromatic rings. The summed E-state index contributed by atoms with van der Waals surface area (Å²) in [6.45, 7) is -0.219. The third-order valence-electron chi connectivity index (χ3n) is 7.75. The maximum atomic E-state index is 14.1. The quantitative estimate of drug-likeness (QED) is 0.229. The molecule has 45 heavy (non-hydrogen) atoms. The number of hydroxylamine groups is 1. The number of carboxylic acid groups (broad SMARTS) is 1. The molecule has 240 valence electrons. The highest BCUT2D eigenvalue weighted by atomic mass is 35.5. The molecule has 2 amide bonds. The lowest BCUT2D eigenvalue weighted by molar-refractivity contribution is -0.138. The van der Waals surface area contributed by atoms with Crippen molar-refractivity contribution in [2.45, 2.75) is 56.3 Å². The number of rotatable bonds is 7. The van der Waals surface area contributed by atoms with Crippen LogP contribution in [0.15, 0.2) is 60.7 Å². The third-order valence-corrected chi connectivity index (χ3v) is 8.31. The summed E-state index contributed by atoms with van der Waals surface area (Å²) in [4.78, 5) is 46.5. The fraction of sp³-hybridized carbons (Fsp3) is 0.323. The van der Waals surface area contributed by atoms with Gasteiger partial charge in [0.25, 0.3) is 11.8 Å². The van der Waals surface area contributed by atoms with Gasteiger partial charge in [-0.15, -0.1) is 0 Å². The van der Waals surface area contributed by atoms with Crippen LogP contribution >= 0.6 is 23.2 Å². The third kappa shape index (κ3) is 8.07. The largest absolute Gasteiger partial charge is 0.773 e. The number of aromatic carboxylic acids is 1. The van der Waals surface area contributed by atoms with Crippen LogP contribution in [0.2, 0.25) is 10.0 Å². The van der Waals surface area contributed by atoms with Crippen LogP contribution in [-0.4, -0.2) is 54.9 Å². The standard InChI is InChI=1S/C30H28Cl2FN3O5.CH4O2S/c31-17-10-11-20(22(32)14-17)27-26(28(37)35-41-15-16-9-12-23(33)21(13-16)30(39)40)18-5-1-2-6-19(18)29(38)36(27)25-8-4-3-7-24(25)34;1-4(2)3/h1-2,5-6,9-14,24-27H,3-4,7-8,15,34H2,(H,35,37)(H,39,40);1H3,(H,2,3)/p-1/t24-,25-,26+,27-;/m0./s1. The van der Waals surface area contributed by atoms with E-state index in [2.05, 4.69) is 5.48 Å². The molecule has 1 aliphatic carbocycles. The summed E-state index contributed by atoms with van der Waals surface area (Å²) in [5.41, 5.74) is 10.3. The van der Waals surface area contributed by atoms with Crippen molar-refractivity contribution in [3.05, 3.63) is 104 Å². The van der Waals surface area contributed by atoms with E-state index in [1.165, 1.54) is 6.07 Å². The van der Waals surface area contributed by atoms with E-state index in [1.54, 1.807) is 47.4 Å². The van der Waals surface area contributed by atoms with Crippen LogP contribution in [-0.2, 0) is 27.3 Å². The van der Waals surface area contributed by atoms with E-state index in [9.17, 15) is 23.9 Å². The molecule has 0 bridgehead atoms. The predicted octanol–water partition coefficient (Wildman–Crippen LogP) is 5.12. The summed E-state index contributed by atoms with van der Waals surface area (Å²) in [5, 5.41) is 9.92. The Labute approximate surface area is 271 Å². The van der Waals surface area contributed by atoms with Gasteiger partial charge in [-0.25, -0.2) is 14.7 Å². The van der Waals surface area contributed by atoms with Crippen molar-refractivity contribution in [1.29, 1.82) is 0 Å². The van der Waals surface area contributed by atoms with Gasteiger partial charge in [-0.3, -0.25) is 18.6 Å². The molecule has 4 N–H and O–H groups in total. The molecule has 14 heteroatoms. The smallest absolute Gasteiger partial charge is 0.338 e. The van der Waals surface area contributed by atoms with Crippen LogP contribution in [0, 0.1) is 5.82 Å². The highest BCUT2D eigenvalue weighted by Gasteiger charge is 2.48. The van der Waals surface area contributed by atoms with Gasteiger partial charge in [0.1, 0.15) is 5.82 Å². The molecule has 0 saturated heterocycles. The van der Waals surface area contributed by atoms with Crippen molar-refractivity contribution in [3.8, 4) is 0 Å². The lowest BCUT2D eigenvalue weighted by atomic mass is 9.76. The van der Waals surface area contributed by atoms with Gasteiger partial charge < -0.3 is 20.3 Å². The second-order valence-corrected chi connectivity index (χ2v) is 12.3. The molecule has 5 atom stereocenters. The van der Waals surface area contributed by atoms with Crippen LogP contribution in [0.4, 0.5) is 4.39 Å². The number of nitrogens with two attached hydrogens (primary N) is 1. The summed E-state index contributed by atoms with van der Waals surface area (Å²) in [5.74, 6) is -4.01. The van der Waals surface area contributed by atoms with Gasteiger partial charge in [0.15, 0.2) is 0 Å². The molecular formula is C31H31Cl2FN3O7S-. The Morgan fingerprint density at radius 2 is 1.80 bits per heavy atom. The molecule has 1 unspecified atom stereocenters. The summed E-state index contributed by atoms with van der Waals surface area (Å²) in [6, 6.07) is 14.0. The number of carbonyl (C=O) groups excluding carboxylic acids is 2. The molecule has 1 fully saturated rings. The molecule has 0 aromatic heterocycles. The maximum absolute atomic E-state index is 14.1. The van der Waals surface area contributed by atoms with E-state index in [4.69, 9.17) is 42.5 Å². The Morgan fingerprint density at radius 3 is 2.47 bits per heavy atom. The first kappa shape index (κ1) is 34.5. The van der Waals surface area contributed by atoms with Gasteiger partial charge in [0.05, 0.1) is 24.1 Å². The first-order valence-electron chi connectivity index (χ1n) is 14.0. The minimum absolute atomic E-state index is 0.219. The number of nitrogens with one attached hydrogen (secondary N) is 1. The van der Waals surface area contributed by atoms with Crippen LogP contribution in [0.5, 0.6) is 0 Å². The lowest BCUT2D eigenvalue weighted by Gasteiger charge is -2.48. The van der Waals surface area contributed by atoms with Crippen molar-refractivity contribution in [3.63, 3.8) is 0 Å². The molecule has 0 spiro atoms. The van der Waals surface area contributed by atoms with Crippen molar-refractivity contribution in [2.24, 2.45) is 5.73 Å². The summed E-state index contributed by atoms with van der Waals surface area (Å²) >= 11 is 11.0. The zero-order valence-electron chi connectivity index (χ0n) is 24.1. The number of nitrogens with zero attached hydrogens (tertiary/aromatic N) is 1. The zero-order valence-corrected chi connectivity index (χ0v) is 26.4. The van der Waals surface area contributed by atoms with Crippen LogP contribution < -0.4 is 11.2 Å². The monoisotopic (exact) mass is 678 g/mol. The van der Waals surface area contributed by atoms with Crippen LogP contribution in [0.3, 0.4) is 0 Å². The van der Waals surface area contributed by atoms with Crippen molar-refractivity contribution in [2.75, 3.05) is 6.26 Å². The first-order valence-corrected chi connectivity index (χ1v) is 16.2. The van der Waals surface area contributed by atoms with Gasteiger partial charge in [-0.2, -0.15) is 0 Å². The van der Waals surface area contributed by atoms with Crippen LogP contribution in [0.25, 0.3) is 0 Å². The van der Waals surface area contributed by atoms with Gasteiger partial charge in [-0.1, -0.05) is 77.5 Å². The summed E-state index contributed by atoms with van der Waals surface area (Å²) < 4.78 is 31.8. The van der Waals surface area contributed by atoms with Gasteiger partial charge in [0, 0.05) is 27.7 Å². The topological polar surface area (TPSA) is 162 Å². The first-order chi connectivity index (χ1) is 21.4. The van der Waals surface area contributed by atoms with Crippen LogP contribution in [0.1, 0.15) is 75.0 Å². The molecule has 3 aromatic carbocycles. The van der Waals surface area contributed by atoms with Gasteiger partial charge in [0.2, 0.25) is 0 Å². The Balaban J connectivity index is 0.00000109. The lowest BCUT2D eigenvalue weighted by Crippen LogP contribution is -2.57. The highest BCUT2D eigenvalue weighted by Crippen LogP contribution is 2.47. The second-order valence-electron chi connectivity index (χ2n) is 10.7. The predicted molar refractivity (Wildman–Crippen MR) is 166 cm³/mol. The van der Waals surface area contributed by atoms with Crippen molar-refractivity contribution in [1.82, 2.24) is 10.4 Å². The van der Waals surface area contributed by atoms with E-state index >= 15 is 0 Å². The second kappa shape index (κ2) is 15.3. The van der Waals surface area contributed by atoms with Crippen molar-refractivity contribution < 1.29 is 37.5 Å². The molecule has 10 nitrogen and oxygen atoms in total. The van der Waals surface area contributed by atoms with E-state index < -0.39 is 46.3 Å². The minimum atomic E-state index is -1.86. The number of halogens is 3. The molecular weight excluding hydrogens is 648 g/mol. The normalized spacial score (nSPS) is 21.6. The fourth-order valence-corrected chi connectivity index (χ4v) is 6.36. The van der Waals surface area contributed by atoms with E-state index in [1.807, 2.05) is 0 Å². The number of carbonyl (C=O) groups is 3. The molecule has 1 aliphatic heterocycles. The van der Waals surface area contributed by atoms with E-state index in [-0.39, 0.29) is 24.6 Å². The molecule has 1 heterocycles. The van der Waals surface area contributed by atoms with Crippen molar-refractivity contribution >= 4 is 52.1 Å². The number of hydrogen-bond acceptors (Lipinski definition) is 7. The molecule has 0 radical (unpaired) electrons. The fourth-order valence-electron chi connectivity index (χ4n) is 5.84. The van der Waals surface area contributed by atoms with E-state index in [0.29, 0.717) is 38.7 Å². The number of hydrogen-bond donors (Lipinski definition) is 3. The zero-order chi connectivity index (χ0) is 32.8. The molecule has 5 rings (SSSR count). The average molecular weight is 680 g/mol. The summed E-state index contributed by atoms with van der Waals surface area (Å²) in [6.07, 6.45) is 4.35. The number of fused-ring (bicyclic) bond motifs is 1. The minimum Gasteiger partial charge on any atom is -0.773 e. The number of benzene rings is 3. The van der Waals surface area contributed by atoms with E-state index in [0.717, 1.165) is 37.7 Å².